The topological polar surface area (TPSA) is 15.3 Å². The van der Waals surface area contributed by atoms with Crippen molar-refractivity contribution in [2.45, 2.75) is 59.2 Å². The van der Waals surface area contributed by atoms with Gasteiger partial charge in [-0.2, -0.15) is 0 Å². The SMILES string of the molecule is Cc1cccc(C)c1CN(CC1CCCN1)C(C)C. The van der Waals surface area contributed by atoms with Crippen molar-refractivity contribution in [3.05, 3.63) is 34.9 Å². The van der Waals surface area contributed by atoms with E-state index in [-0.39, 0.29) is 0 Å². The van der Waals surface area contributed by atoms with Crippen molar-refractivity contribution in [3.8, 4) is 0 Å². The summed E-state index contributed by atoms with van der Waals surface area (Å²) in [6.07, 6.45) is 2.66. The number of nitrogens with one attached hydrogen (secondary N) is 1. The second-order valence-electron chi connectivity index (χ2n) is 6.19. The van der Waals surface area contributed by atoms with Crippen LogP contribution in [0.5, 0.6) is 0 Å². The van der Waals surface area contributed by atoms with Gasteiger partial charge >= 0.3 is 0 Å². The van der Waals surface area contributed by atoms with Crippen LogP contribution in [0.15, 0.2) is 18.2 Å². The lowest BCUT2D eigenvalue weighted by molar-refractivity contribution is 0.193. The Morgan fingerprint density at radius 3 is 2.47 bits per heavy atom. The Labute approximate surface area is 118 Å². The van der Waals surface area contributed by atoms with Gasteiger partial charge in [0.15, 0.2) is 0 Å². The lowest BCUT2D eigenvalue weighted by atomic mass is 10.0. The predicted octanol–water partition coefficient (Wildman–Crippen LogP) is 3.27. The molecule has 19 heavy (non-hydrogen) atoms. The van der Waals surface area contributed by atoms with E-state index in [1.54, 1.807) is 0 Å². The first-order valence-electron chi connectivity index (χ1n) is 7.60. The first-order chi connectivity index (χ1) is 9.08. The Morgan fingerprint density at radius 1 is 1.26 bits per heavy atom. The van der Waals surface area contributed by atoms with Crippen molar-refractivity contribution < 1.29 is 0 Å². The molecule has 0 amide bonds. The van der Waals surface area contributed by atoms with Crippen molar-refractivity contribution in [1.82, 2.24) is 10.2 Å². The third-order valence-electron chi connectivity index (χ3n) is 4.35. The summed E-state index contributed by atoms with van der Waals surface area (Å²) >= 11 is 0. The van der Waals surface area contributed by atoms with Gasteiger partial charge in [-0.15, -0.1) is 0 Å². The smallest absolute Gasteiger partial charge is 0.0242 e. The van der Waals surface area contributed by atoms with Gasteiger partial charge in [0.1, 0.15) is 0 Å². The lowest BCUT2D eigenvalue weighted by Crippen LogP contribution is -2.41. The van der Waals surface area contributed by atoms with Crippen molar-refractivity contribution in [3.63, 3.8) is 0 Å². The highest BCUT2D eigenvalue weighted by Crippen LogP contribution is 2.18. The first kappa shape index (κ1) is 14.5. The van der Waals surface area contributed by atoms with Crippen molar-refractivity contribution in [1.29, 1.82) is 0 Å². The molecule has 1 N–H and O–H groups in total. The fourth-order valence-electron chi connectivity index (χ4n) is 2.96. The van der Waals surface area contributed by atoms with Gasteiger partial charge in [0.05, 0.1) is 0 Å². The minimum absolute atomic E-state index is 0.599. The molecule has 1 heterocycles. The zero-order valence-corrected chi connectivity index (χ0v) is 12.9. The summed E-state index contributed by atoms with van der Waals surface area (Å²) < 4.78 is 0. The Kier molecular flexibility index (Phi) is 5.00. The van der Waals surface area contributed by atoms with E-state index in [1.807, 2.05) is 0 Å². The summed E-state index contributed by atoms with van der Waals surface area (Å²) in [4.78, 5) is 2.61. The minimum atomic E-state index is 0.599. The lowest BCUT2D eigenvalue weighted by Gasteiger charge is -2.30. The van der Waals surface area contributed by atoms with E-state index in [9.17, 15) is 0 Å². The molecular formula is C17H28N2. The molecular weight excluding hydrogens is 232 g/mol. The summed E-state index contributed by atoms with van der Waals surface area (Å²) in [5.74, 6) is 0. The van der Waals surface area contributed by atoms with Crippen LogP contribution in [0.2, 0.25) is 0 Å². The molecule has 1 fully saturated rings. The van der Waals surface area contributed by atoms with Gasteiger partial charge in [-0.05, 0) is 63.8 Å². The largest absolute Gasteiger partial charge is 0.313 e. The monoisotopic (exact) mass is 260 g/mol. The van der Waals surface area contributed by atoms with Crippen LogP contribution in [0.3, 0.4) is 0 Å². The Balaban J connectivity index is 2.07. The maximum Gasteiger partial charge on any atom is 0.0242 e. The molecule has 0 radical (unpaired) electrons. The highest BCUT2D eigenvalue weighted by atomic mass is 15.2. The van der Waals surface area contributed by atoms with Gasteiger partial charge in [0.25, 0.3) is 0 Å². The molecule has 1 aliphatic heterocycles. The zero-order valence-electron chi connectivity index (χ0n) is 12.9. The van der Waals surface area contributed by atoms with E-state index in [1.165, 1.54) is 42.6 Å². The molecule has 1 unspecified atom stereocenters. The fourth-order valence-corrected chi connectivity index (χ4v) is 2.96. The molecule has 2 rings (SSSR count). The number of aryl methyl sites for hydroxylation is 2. The van der Waals surface area contributed by atoms with Crippen LogP contribution in [0, 0.1) is 13.8 Å². The van der Waals surface area contributed by atoms with Crippen LogP contribution in [-0.4, -0.2) is 30.1 Å². The van der Waals surface area contributed by atoms with E-state index < -0.39 is 0 Å². The summed E-state index contributed by atoms with van der Waals surface area (Å²) in [6, 6.07) is 7.91. The van der Waals surface area contributed by atoms with Crippen LogP contribution in [-0.2, 0) is 6.54 Å². The van der Waals surface area contributed by atoms with Crippen LogP contribution in [0.1, 0.15) is 43.4 Å². The number of nitrogens with zero attached hydrogens (tertiary/aromatic N) is 1. The minimum Gasteiger partial charge on any atom is -0.313 e. The molecule has 0 bridgehead atoms. The van der Waals surface area contributed by atoms with Gasteiger partial charge < -0.3 is 5.32 Å². The molecule has 2 heteroatoms. The molecule has 2 nitrogen and oxygen atoms in total. The molecule has 1 aromatic rings. The van der Waals surface area contributed by atoms with E-state index >= 15 is 0 Å². The Bertz CT molecular complexity index is 385. The predicted molar refractivity (Wildman–Crippen MR) is 82.5 cm³/mol. The number of hydrogen-bond donors (Lipinski definition) is 1. The highest BCUT2D eigenvalue weighted by molar-refractivity contribution is 5.33. The normalized spacial score (nSPS) is 19.6. The van der Waals surface area contributed by atoms with E-state index in [2.05, 4.69) is 56.1 Å². The second kappa shape index (κ2) is 6.53. The summed E-state index contributed by atoms with van der Waals surface area (Å²) in [5, 5.41) is 3.62. The molecule has 1 aromatic carbocycles. The standard InChI is InChI=1S/C17H28N2/c1-13(2)19(11-16-9-6-10-18-16)12-17-14(3)7-5-8-15(17)4/h5,7-8,13,16,18H,6,9-12H2,1-4H3. The van der Waals surface area contributed by atoms with Gasteiger partial charge in [0, 0.05) is 25.2 Å². The second-order valence-corrected chi connectivity index (χ2v) is 6.19. The Hall–Kier alpha value is -0.860. The number of rotatable bonds is 5. The maximum absolute atomic E-state index is 3.62. The zero-order chi connectivity index (χ0) is 13.8. The van der Waals surface area contributed by atoms with Gasteiger partial charge in [0.2, 0.25) is 0 Å². The highest BCUT2D eigenvalue weighted by Gasteiger charge is 2.20. The molecule has 0 saturated carbocycles. The van der Waals surface area contributed by atoms with E-state index in [4.69, 9.17) is 0 Å². The van der Waals surface area contributed by atoms with Crippen LogP contribution >= 0.6 is 0 Å². The van der Waals surface area contributed by atoms with Crippen molar-refractivity contribution >= 4 is 0 Å². The Morgan fingerprint density at radius 2 is 1.95 bits per heavy atom. The van der Waals surface area contributed by atoms with Gasteiger partial charge in [-0.25, -0.2) is 0 Å². The fraction of sp³-hybridized carbons (Fsp3) is 0.647. The average Bonchev–Trinajstić information content (AvgIpc) is 2.85. The molecule has 106 valence electrons. The number of hydrogen-bond acceptors (Lipinski definition) is 2. The van der Waals surface area contributed by atoms with Crippen LogP contribution < -0.4 is 5.32 Å². The third-order valence-corrected chi connectivity index (χ3v) is 4.35. The van der Waals surface area contributed by atoms with Crippen molar-refractivity contribution in [2.75, 3.05) is 13.1 Å². The first-order valence-corrected chi connectivity index (χ1v) is 7.60. The molecule has 0 aromatic heterocycles. The summed E-state index contributed by atoms with van der Waals surface area (Å²) in [6.45, 7) is 12.5. The van der Waals surface area contributed by atoms with Gasteiger partial charge in [-0.3, -0.25) is 4.90 Å². The molecule has 1 saturated heterocycles. The summed E-state index contributed by atoms with van der Waals surface area (Å²) in [7, 11) is 0. The molecule has 1 aliphatic rings. The van der Waals surface area contributed by atoms with E-state index in [0.717, 1.165) is 6.54 Å². The van der Waals surface area contributed by atoms with Crippen molar-refractivity contribution in [2.24, 2.45) is 0 Å². The molecule has 0 aliphatic carbocycles. The van der Waals surface area contributed by atoms with E-state index in [0.29, 0.717) is 12.1 Å². The third kappa shape index (κ3) is 3.80. The quantitative estimate of drug-likeness (QED) is 0.874. The molecule has 1 atom stereocenters. The van der Waals surface area contributed by atoms with Gasteiger partial charge in [-0.1, -0.05) is 18.2 Å². The van der Waals surface area contributed by atoms with Crippen LogP contribution in [0.4, 0.5) is 0 Å². The average molecular weight is 260 g/mol. The maximum atomic E-state index is 3.62. The molecule has 0 spiro atoms. The van der Waals surface area contributed by atoms with Crippen LogP contribution in [0.25, 0.3) is 0 Å². The summed E-state index contributed by atoms with van der Waals surface area (Å²) in [5.41, 5.74) is 4.35. The number of benzene rings is 1.